The third-order valence-electron chi connectivity index (χ3n) is 6.25. The van der Waals surface area contributed by atoms with E-state index in [0.29, 0.717) is 17.8 Å². The number of terminal acetylenes is 1. The van der Waals surface area contributed by atoms with Crippen molar-refractivity contribution < 1.29 is 0 Å². The van der Waals surface area contributed by atoms with Gasteiger partial charge in [0.2, 0.25) is 0 Å². The van der Waals surface area contributed by atoms with Crippen LogP contribution >= 0.6 is 0 Å². The summed E-state index contributed by atoms with van der Waals surface area (Å²) in [5.74, 6) is 8.36. The Labute approximate surface area is 122 Å². The maximum atomic E-state index is 5.58. The van der Waals surface area contributed by atoms with Gasteiger partial charge in [0.15, 0.2) is 0 Å². The molecule has 0 rings (SSSR count). The largest absolute Gasteiger partial charge is 0.120 e. The molecule has 112 valence electrons. The fraction of sp³-hybridized carbons (Fsp3) is 0.895. The van der Waals surface area contributed by atoms with Crippen LogP contribution in [-0.2, 0) is 0 Å². The summed E-state index contributed by atoms with van der Waals surface area (Å²) in [4.78, 5) is 0. The normalized spacial score (nSPS) is 23.0. The Balaban J connectivity index is 4.72. The van der Waals surface area contributed by atoms with E-state index in [1.54, 1.807) is 0 Å². The van der Waals surface area contributed by atoms with Crippen molar-refractivity contribution in [2.45, 2.75) is 62.3 Å². The average Bonchev–Trinajstić information content (AvgIpc) is 2.40. The quantitative estimate of drug-likeness (QED) is 0.515. The number of hydrogen-bond acceptors (Lipinski definition) is 0. The van der Waals surface area contributed by atoms with Crippen molar-refractivity contribution in [1.82, 2.24) is 0 Å². The van der Waals surface area contributed by atoms with Gasteiger partial charge in [0.05, 0.1) is 0 Å². The standard InChI is InChI=1S/C19H36/c1-11-13(4)15(6)17(8)19(10)18(9)16(7)14(5)12(2)3/h1,12-19H,2-10H3. The second-order valence-corrected chi connectivity index (χ2v) is 7.35. The molecule has 0 saturated heterocycles. The topological polar surface area (TPSA) is 0 Å². The highest BCUT2D eigenvalue weighted by Crippen LogP contribution is 2.37. The molecule has 19 heavy (non-hydrogen) atoms. The lowest BCUT2D eigenvalue weighted by molar-refractivity contribution is 0.113. The Kier molecular flexibility index (Phi) is 7.80. The summed E-state index contributed by atoms with van der Waals surface area (Å²) in [7, 11) is 0. The molecule has 0 aliphatic carbocycles. The molecule has 0 aromatic rings. The van der Waals surface area contributed by atoms with Crippen molar-refractivity contribution >= 4 is 0 Å². The summed E-state index contributed by atoms with van der Waals surface area (Å²) >= 11 is 0. The molecule has 0 spiro atoms. The minimum Gasteiger partial charge on any atom is -0.120 e. The van der Waals surface area contributed by atoms with Gasteiger partial charge in [0, 0.05) is 5.92 Å². The first-order valence-electron chi connectivity index (χ1n) is 8.11. The molecule has 0 saturated carbocycles. The summed E-state index contributed by atoms with van der Waals surface area (Å²) in [6, 6.07) is 0. The summed E-state index contributed by atoms with van der Waals surface area (Å²) in [5.41, 5.74) is 0. The SMILES string of the molecule is C#CC(C)C(C)C(C)C(C)C(C)C(C)C(C)C(C)C. The molecule has 0 aliphatic heterocycles. The maximum Gasteiger partial charge on any atom is 0.0200 e. The van der Waals surface area contributed by atoms with Crippen LogP contribution in [0.1, 0.15) is 62.3 Å². The zero-order valence-electron chi connectivity index (χ0n) is 14.7. The van der Waals surface area contributed by atoms with Crippen molar-refractivity contribution in [3.63, 3.8) is 0 Å². The zero-order valence-corrected chi connectivity index (χ0v) is 14.7. The van der Waals surface area contributed by atoms with Crippen LogP contribution in [0.3, 0.4) is 0 Å². The summed E-state index contributed by atoms with van der Waals surface area (Å²) in [5, 5.41) is 0. The highest BCUT2D eigenvalue weighted by atomic mass is 14.4. The zero-order chi connectivity index (χ0) is 15.3. The van der Waals surface area contributed by atoms with E-state index in [1.165, 1.54) is 0 Å². The van der Waals surface area contributed by atoms with Crippen LogP contribution in [-0.4, -0.2) is 0 Å². The van der Waals surface area contributed by atoms with E-state index in [-0.39, 0.29) is 0 Å². The second kappa shape index (κ2) is 7.98. The Morgan fingerprint density at radius 2 is 0.842 bits per heavy atom. The van der Waals surface area contributed by atoms with Crippen LogP contribution < -0.4 is 0 Å². The molecule has 0 heterocycles. The first-order valence-corrected chi connectivity index (χ1v) is 8.11. The van der Waals surface area contributed by atoms with Crippen LogP contribution in [0.5, 0.6) is 0 Å². The van der Waals surface area contributed by atoms with Crippen LogP contribution in [0, 0.1) is 59.7 Å². The van der Waals surface area contributed by atoms with Crippen molar-refractivity contribution in [3.05, 3.63) is 0 Å². The maximum absolute atomic E-state index is 5.58. The van der Waals surface area contributed by atoms with Crippen molar-refractivity contribution in [2.75, 3.05) is 0 Å². The lowest BCUT2D eigenvalue weighted by Gasteiger charge is -2.38. The summed E-state index contributed by atoms with van der Waals surface area (Å²) in [6.07, 6.45) is 5.58. The Morgan fingerprint density at radius 1 is 0.526 bits per heavy atom. The highest BCUT2D eigenvalue weighted by molar-refractivity contribution is 4.95. The number of hydrogen-bond donors (Lipinski definition) is 0. The minimum absolute atomic E-state index is 0.377. The van der Waals surface area contributed by atoms with E-state index in [4.69, 9.17) is 6.42 Å². The fourth-order valence-corrected chi connectivity index (χ4v) is 3.13. The van der Waals surface area contributed by atoms with Crippen LogP contribution in [0.2, 0.25) is 0 Å². The van der Waals surface area contributed by atoms with Gasteiger partial charge in [-0.05, 0) is 41.4 Å². The molecular formula is C19H36. The molecule has 7 unspecified atom stereocenters. The molecule has 0 heteroatoms. The van der Waals surface area contributed by atoms with Crippen molar-refractivity contribution in [2.24, 2.45) is 47.3 Å². The average molecular weight is 264 g/mol. The number of rotatable bonds is 7. The van der Waals surface area contributed by atoms with Crippen LogP contribution in [0.25, 0.3) is 0 Å². The van der Waals surface area contributed by atoms with E-state index in [2.05, 4.69) is 68.2 Å². The van der Waals surface area contributed by atoms with Gasteiger partial charge in [-0.3, -0.25) is 0 Å². The Hall–Kier alpha value is -0.440. The van der Waals surface area contributed by atoms with Gasteiger partial charge in [0.25, 0.3) is 0 Å². The smallest absolute Gasteiger partial charge is 0.0200 e. The molecule has 0 aromatic heterocycles. The van der Waals surface area contributed by atoms with Crippen molar-refractivity contribution in [1.29, 1.82) is 0 Å². The van der Waals surface area contributed by atoms with E-state index < -0.39 is 0 Å². The van der Waals surface area contributed by atoms with Crippen LogP contribution in [0.15, 0.2) is 0 Å². The Bertz CT molecular complexity index is 283. The second-order valence-electron chi connectivity index (χ2n) is 7.35. The molecule has 0 N–H and O–H groups in total. The van der Waals surface area contributed by atoms with E-state index in [0.717, 1.165) is 29.6 Å². The minimum atomic E-state index is 0.377. The van der Waals surface area contributed by atoms with E-state index >= 15 is 0 Å². The predicted molar refractivity (Wildman–Crippen MR) is 87.8 cm³/mol. The first-order chi connectivity index (χ1) is 8.64. The van der Waals surface area contributed by atoms with Gasteiger partial charge < -0.3 is 0 Å². The van der Waals surface area contributed by atoms with Gasteiger partial charge in [-0.25, -0.2) is 0 Å². The van der Waals surface area contributed by atoms with Crippen LogP contribution in [0.4, 0.5) is 0 Å². The third-order valence-corrected chi connectivity index (χ3v) is 6.25. The van der Waals surface area contributed by atoms with Gasteiger partial charge in [-0.1, -0.05) is 62.3 Å². The van der Waals surface area contributed by atoms with E-state index in [9.17, 15) is 0 Å². The monoisotopic (exact) mass is 264 g/mol. The molecule has 0 radical (unpaired) electrons. The first kappa shape index (κ1) is 18.6. The lowest BCUT2D eigenvalue weighted by atomic mass is 9.67. The molecular weight excluding hydrogens is 228 g/mol. The molecule has 0 nitrogen and oxygen atoms in total. The molecule has 0 fully saturated rings. The lowest BCUT2D eigenvalue weighted by Crippen LogP contribution is -2.32. The summed E-state index contributed by atoms with van der Waals surface area (Å²) < 4.78 is 0. The molecule has 0 bridgehead atoms. The van der Waals surface area contributed by atoms with E-state index in [1.807, 2.05) is 0 Å². The Morgan fingerprint density at radius 3 is 1.16 bits per heavy atom. The van der Waals surface area contributed by atoms with Gasteiger partial charge in [-0.15, -0.1) is 12.3 Å². The van der Waals surface area contributed by atoms with Crippen molar-refractivity contribution in [3.8, 4) is 12.3 Å². The molecule has 0 amide bonds. The van der Waals surface area contributed by atoms with Gasteiger partial charge in [0.1, 0.15) is 0 Å². The highest BCUT2D eigenvalue weighted by Gasteiger charge is 2.31. The van der Waals surface area contributed by atoms with Gasteiger partial charge in [-0.2, -0.15) is 0 Å². The fourth-order valence-electron chi connectivity index (χ4n) is 3.13. The predicted octanol–water partition coefficient (Wildman–Crippen LogP) is 5.73. The van der Waals surface area contributed by atoms with Gasteiger partial charge >= 0.3 is 0 Å². The molecule has 0 aliphatic rings. The molecule has 7 atom stereocenters. The molecule has 0 aromatic carbocycles. The summed E-state index contributed by atoms with van der Waals surface area (Å²) in [6.45, 7) is 21.2. The third kappa shape index (κ3) is 4.87.